The zero-order chi connectivity index (χ0) is 20.9. The van der Waals surface area contributed by atoms with Crippen molar-refractivity contribution in [2.24, 2.45) is 0 Å². The van der Waals surface area contributed by atoms with E-state index in [9.17, 15) is 9.59 Å². The van der Waals surface area contributed by atoms with E-state index in [1.807, 2.05) is 42.5 Å². The van der Waals surface area contributed by atoms with Gasteiger partial charge < -0.3 is 5.32 Å². The molecule has 0 aromatic heterocycles. The number of hydrogen-bond donors (Lipinski definition) is 1. The van der Waals surface area contributed by atoms with Crippen molar-refractivity contribution >= 4 is 17.3 Å². The Balaban J connectivity index is 1.51. The zero-order valence-electron chi connectivity index (χ0n) is 17.0. The van der Waals surface area contributed by atoms with Crippen molar-refractivity contribution in [1.82, 2.24) is 5.32 Å². The highest BCUT2D eigenvalue weighted by atomic mass is 16.1. The summed E-state index contributed by atoms with van der Waals surface area (Å²) in [6, 6.07) is 26.3. The van der Waals surface area contributed by atoms with Crippen LogP contribution < -0.4 is 5.32 Å². The first-order valence-electron chi connectivity index (χ1n) is 10.8. The normalized spacial score (nSPS) is 19.7. The van der Waals surface area contributed by atoms with Crippen LogP contribution in [0.1, 0.15) is 46.7 Å². The molecule has 31 heavy (non-hydrogen) atoms. The topological polar surface area (TPSA) is 46.2 Å². The van der Waals surface area contributed by atoms with Crippen molar-refractivity contribution in [2.45, 2.75) is 25.2 Å². The molecule has 1 N–H and O–H groups in total. The molecular weight excluding hydrogens is 382 g/mol. The lowest BCUT2D eigenvalue weighted by Crippen LogP contribution is -2.31. The maximum Gasteiger partial charge on any atom is 0.192 e. The molecule has 3 nitrogen and oxygen atoms in total. The highest BCUT2D eigenvalue weighted by molar-refractivity contribution is 6.23. The standard InChI is InChI=1S/C28H21NO2/c30-23-12-6-11-22-25(23)24(19-15-13-18(14-16-19)17-7-2-1-3-8-17)26-27(29-22)20-9-4-5-10-21(20)28(26)31/h1-5,7-10,13-16,24,29H,6,11-12H2/t24-/m1/s1. The number of carbonyl (C=O) groups is 2. The lowest BCUT2D eigenvalue weighted by molar-refractivity contribution is -0.116. The van der Waals surface area contributed by atoms with E-state index in [0.717, 1.165) is 57.6 Å². The number of fused-ring (bicyclic) bond motifs is 2. The molecule has 0 saturated carbocycles. The molecule has 0 bridgehead atoms. The fourth-order valence-electron chi connectivity index (χ4n) is 5.17. The van der Waals surface area contributed by atoms with E-state index in [1.165, 1.54) is 0 Å². The van der Waals surface area contributed by atoms with E-state index in [2.05, 4.69) is 41.7 Å². The zero-order valence-corrected chi connectivity index (χ0v) is 17.0. The first-order chi connectivity index (χ1) is 15.2. The van der Waals surface area contributed by atoms with Gasteiger partial charge >= 0.3 is 0 Å². The average Bonchev–Trinajstić information content (AvgIpc) is 3.11. The summed E-state index contributed by atoms with van der Waals surface area (Å²) in [6.07, 6.45) is 2.23. The second-order valence-electron chi connectivity index (χ2n) is 8.38. The number of hydrogen-bond acceptors (Lipinski definition) is 3. The van der Waals surface area contributed by atoms with Gasteiger partial charge in [-0.25, -0.2) is 0 Å². The number of Topliss-reactive ketones (excluding diaryl/α,β-unsaturated/α-hetero) is 2. The fourth-order valence-corrected chi connectivity index (χ4v) is 5.17. The predicted molar refractivity (Wildman–Crippen MR) is 121 cm³/mol. The molecule has 0 amide bonds. The van der Waals surface area contributed by atoms with Gasteiger partial charge in [-0.1, -0.05) is 78.9 Å². The number of benzene rings is 3. The Hall–Kier alpha value is -3.72. The van der Waals surface area contributed by atoms with Crippen LogP contribution in [0.2, 0.25) is 0 Å². The molecule has 0 saturated heterocycles. The number of dihydropyridines is 1. The molecule has 3 aliphatic rings. The Morgan fingerprint density at radius 1 is 0.677 bits per heavy atom. The molecule has 6 rings (SSSR count). The van der Waals surface area contributed by atoms with E-state index in [-0.39, 0.29) is 17.5 Å². The first kappa shape index (κ1) is 18.1. The number of allylic oxidation sites excluding steroid dienone is 3. The van der Waals surface area contributed by atoms with Gasteiger partial charge in [0.15, 0.2) is 11.6 Å². The van der Waals surface area contributed by atoms with Crippen LogP contribution in [0.15, 0.2) is 95.7 Å². The van der Waals surface area contributed by atoms with Gasteiger partial charge in [-0.05, 0) is 29.5 Å². The van der Waals surface area contributed by atoms with Gasteiger partial charge in [0, 0.05) is 40.3 Å². The average molecular weight is 403 g/mol. The lowest BCUT2D eigenvalue weighted by Gasteiger charge is -2.33. The van der Waals surface area contributed by atoms with Crippen LogP contribution in [-0.4, -0.2) is 11.6 Å². The van der Waals surface area contributed by atoms with E-state index in [1.54, 1.807) is 0 Å². The monoisotopic (exact) mass is 403 g/mol. The Kier molecular flexibility index (Phi) is 4.03. The third-order valence-corrected chi connectivity index (χ3v) is 6.62. The van der Waals surface area contributed by atoms with Gasteiger partial charge in [0.2, 0.25) is 0 Å². The third kappa shape index (κ3) is 2.73. The van der Waals surface area contributed by atoms with Gasteiger partial charge in [0.05, 0.1) is 5.70 Å². The van der Waals surface area contributed by atoms with Gasteiger partial charge in [-0.15, -0.1) is 0 Å². The minimum absolute atomic E-state index is 0.0279. The Morgan fingerprint density at radius 3 is 2.13 bits per heavy atom. The molecule has 3 heteroatoms. The number of nitrogens with one attached hydrogen (secondary N) is 1. The van der Waals surface area contributed by atoms with E-state index in [4.69, 9.17) is 0 Å². The van der Waals surface area contributed by atoms with E-state index < -0.39 is 0 Å². The van der Waals surface area contributed by atoms with Crippen LogP contribution in [0, 0.1) is 0 Å². The Bertz CT molecular complexity index is 1300. The molecule has 0 unspecified atom stereocenters. The minimum Gasteiger partial charge on any atom is -0.358 e. The van der Waals surface area contributed by atoms with Gasteiger partial charge in [-0.3, -0.25) is 9.59 Å². The molecule has 150 valence electrons. The summed E-state index contributed by atoms with van der Waals surface area (Å²) in [5, 5.41) is 3.49. The molecular formula is C28H21NO2. The van der Waals surface area contributed by atoms with Crippen molar-refractivity contribution in [2.75, 3.05) is 0 Å². The third-order valence-electron chi connectivity index (χ3n) is 6.62. The molecule has 1 atom stereocenters. The summed E-state index contributed by atoms with van der Waals surface area (Å²) in [4.78, 5) is 26.5. The van der Waals surface area contributed by atoms with Crippen molar-refractivity contribution in [3.63, 3.8) is 0 Å². The minimum atomic E-state index is -0.316. The number of carbonyl (C=O) groups excluding carboxylic acids is 2. The predicted octanol–water partition coefficient (Wildman–Crippen LogP) is 5.66. The summed E-state index contributed by atoms with van der Waals surface area (Å²) in [7, 11) is 0. The Morgan fingerprint density at radius 2 is 1.35 bits per heavy atom. The molecule has 1 aliphatic heterocycles. The van der Waals surface area contributed by atoms with Crippen molar-refractivity contribution < 1.29 is 9.59 Å². The molecule has 0 radical (unpaired) electrons. The van der Waals surface area contributed by atoms with Crippen molar-refractivity contribution in [3.8, 4) is 11.1 Å². The maximum absolute atomic E-state index is 13.5. The molecule has 0 spiro atoms. The molecule has 2 aliphatic carbocycles. The van der Waals surface area contributed by atoms with E-state index >= 15 is 0 Å². The first-order valence-corrected chi connectivity index (χ1v) is 10.8. The van der Waals surface area contributed by atoms with Crippen LogP contribution >= 0.6 is 0 Å². The fraction of sp³-hybridized carbons (Fsp3) is 0.143. The molecule has 3 aromatic rings. The summed E-state index contributed by atoms with van der Waals surface area (Å²) in [5.74, 6) is -0.134. The maximum atomic E-state index is 13.5. The highest BCUT2D eigenvalue weighted by Crippen LogP contribution is 2.48. The quantitative estimate of drug-likeness (QED) is 0.601. The highest BCUT2D eigenvalue weighted by Gasteiger charge is 2.43. The smallest absolute Gasteiger partial charge is 0.192 e. The van der Waals surface area contributed by atoms with Crippen LogP contribution in [-0.2, 0) is 4.79 Å². The second kappa shape index (κ2) is 6.92. The Labute approximate surface area is 181 Å². The SMILES string of the molecule is O=C1CCCC2=C1[C@@H](c1ccc(-c3ccccc3)cc1)C1=C(N2)c2ccccc2C1=O. The lowest BCUT2D eigenvalue weighted by atomic mass is 9.75. The van der Waals surface area contributed by atoms with E-state index in [0.29, 0.717) is 12.0 Å². The molecule has 0 fully saturated rings. The second-order valence-corrected chi connectivity index (χ2v) is 8.38. The van der Waals surface area contributed by atoms with Crippen molar-refractivity contribution in [1.29, 1.82) is 0 Å². The summed E-state index contributed by atoms with van der Waals surface area (Å²) >= 11 is 0. The molecule has 1 heterocycles. The van der Waals surface area contributed by atoms with Gasteiger partial charge in [0.25, 0.3) is 0 Å². The largest absolute Gasteiger partial charge is 0.358 e. The van der Waals surface area contributed by atoms with Gasteiger partial charge in [0.1, 0.15) is 0 Å². The van der Waals surface area contributed by atoms with Crippen LogP contribution in [0.3, 0.4) is 0 Å². The molecule has 3 aromatic carbocycles. The van der Waals surface area contributed by atoms with Crippen LogP contribution in [0.4, 0.5) is 0 Å². The van der Waals surface area contributed by atoms with Crippen LogP contribution in [0.25, 0.3) is 16.8 Å². The number of rotatable bonds is 2. The number of ketones is 2. The summed E-state index contributed by atoms with van der Waals surface area (Å²) in [5.41, 5.74) is 8.29. The summed E-state index contributed by atoms with van der Waals surface area (Å²) in [6.45, 7) is 0. The van der Waals surface area contributed by atoms with Crippen molar-refractivity contribution in [3.05, 3.63) is 112 Å². The summed E-state index contributed by atoms with van der Waals surface area (Å²) < 4.78 is 0. The van der Waals surface area contributed by atoms with Gasteiger partial charge in [-0.2, -0.15) is 0 Å². The van der Waals surface area contributed by atoms with Crippen LogP contribution in [0.5, 0.6) is 0 Å².